The topological polar surface area (TPSA) is 49.4 Å². The Morgan fingerprint density at radius 2 is 2.00 bits per heavy atom. The van der Waals surface area contributed by atoms with E-state index >= 15 is 0 Å². The maximum Gasteiger partial charge on any atom is 0.296 e. The summed E-state index contributed by atoms with van der Waals surface area (Å²) in [5, 5.41) is 3.19. The molecule has 0 aromatic heterocycles. The number of hydrogen-bond acceptors (Lipinski definition) is 2. The number of carbonyl (C=O) groups excluding carboxylic acids is 2. The maximum atomic E-state index is 13.0. The van der Waals surface area contributed by atoms with Gasteiger partial charge >= 0.3 is 0 Å². The smallest absolute Gasteiger partial charge is 0.296 e. The quantitative estimate of drug-likeness (QED) is 0.813. The fourth-order valence-electron chi connectivity index (χ4n) is 4.52. The summed E-state index contributed by atoms with van der Waals surface area (Å²) < 4.78 is 0. The van der Waals surface area contributed by atoms with Crippen LogP contribution in [0.3, 0.4) is 0 Å². The second-order valence-electron chi connectivity index (χ2n) is 9.21. The highest BCUT2D eigenvalue weighted by molar-refractivity contribution is 5.94. The molecule has 0 radical (unpaired) electrons. The van der Waals surface area contributed by atoms with Gasteiger partial charge in [0.15, 0.2) is 0 Å². The van der Waals surface area contributed by atoms with Crippen molar-refractivity contribution in [1.29, 1.82) is 0 Å². The second kappa shape index (κ2) is 7.99. The number of benzene rings is 1. The van der Waals surface area contributed by atoms with Crippen LogP contribution in [-0.2, 0) is 22.4 Å². The van der Waals surface area contributed by atoms with E-state index in [-0.39, 0.29) is 28.8 Å². The fraction of sp³-hybridized carbons (Fsp3) is 0.583. The van der Waals surface area contributed by atoms with Gasteiger partial charge in [-0.15, -0.1) is 0 Å². The molecule has 3 rings (SSSR count). The second-order valence-corrected chi connectivity index (χ2v) is 9.21. The zero-order valence-corrected chi connectivity index (χ0v) is 17.6. The van der Waals surface area contributed by atoms with Crippen LogP contribution in [0.2, 0.25) is 0 Å². The molecule has 1 saturated carbocycles. The van der Waals surface area contributed by atoms with Gasteiger partial charge in [0, 0.05) is 12.0 Å². The van der Waals surface area contributed by atoms with Crippen LogP contribution in [0.25, 0.3) is 0 Å². The van der Waals surface area contributed by atoms with Crippen LogP contribution < -0.4 is 5.32 Å². The molecular formula is C24H32N2O2. The van der Waals surface area contributed by atoms with Crippen molar-refractivity contribution >= 4 is 11.8 Å². The molecule has 4 heteroatoms. The van der Waals surface area contributed by atoms with Crippen molar-refractivity contribution in [3.05, 3.63) is 35.4 Å². The molecule has 2 amide bonds. The Labute approximate surface area is 169 Å². The normalized spacial score (nSPS) is 23.7. The van der Waals surface area contributed by atoms with Crippen molar-refractivity contribution in [2.75, 3.05) is 6.54 Å². The molecule has 1 saturated heterocycles. The number of fused-ring (bicyclic) bond motifs is 1. The minimum atomic E-state index is -0.301. The molecule has 0 spiro atoms. The molecular weight excluding hydrogens is 348 g/mol. The lowest BCUT2D eigenvalue weighted by Gasteiger charge is -2.32. The average molecular weight is 381 g/mol. The van der Waals surface area contributed by atoms with Crippen LogP contribution in [0, 0.1) is 17.3 Å². The van der Waals surface area contributed by atoms with Crippen molar-refractivity contribution in [3.8, 4) is 11.8 Å². The van der Waals surface area contributed by atoms with Crippen LogP contribution in [0.5, 0.6) is 0 Å². The lowest BCUT2D eigenvalue weighted by Crippen LogP contribution is -2.54. The van der Waals surface area contributed by atoms with E-state index in [1.54, 1.807) is 0 Å². The summed E-state index contributed by atoms with van der Waals surface area (Å²) in [6.45, 7) is 8.82. The van der Waals surface area contributed by atoms with Gasteiger partial charge in [0.05, 0.1) is 18.0 Å². The number of aryl methyl sites for hydroxylation is 1. The summed E-state index contributed by atoms with van der Waals surface area (Å²) in [4.78, 5) is 27.5. The van der Waals surface area contributed by atoms with Crippen molar-refractivity contribution in [3.63, 3.8) is 0 Å². The summed E-state index contributed by atoms with van der Waals surface area (Å²) in [6, 6.07) is 8.37. The molecule has 1 aromatic carbocycles. The van der Waals surface area contributed by atoms with Crippen LogP contribution in [-0.4, -0.2) is 34.8 Å². The van der Waals surface area contributed by atoms with E-state index < -0.39 is 0 Å². The van der Waals surface area contributed by atoms with E-state index in [2.05, 4.69) is 36.2 Å². The SMILES string of the molecule is CCc1cccc(CC(=O)N2CCC3(NC(=O)C#CC(C)(C)C)CCCC23)c1. The molecule has 2 atom stereocenters. The highest BCUT2D eigenvalue weighted by Gasteiger charge is 2.52. The number of nitrogens with zero attached hydrogens (tertiary/aromatic N) is 1. The molecule has 28 heavy (non-hydrogen) atoms. The van der Waals surface area contributed by atoms with E-state index in [0.717, 1.165) is 37.7 Å². The fourth-order valence-corrected chi connectivity index (χ4v) is 4.52. The van der Waals surface area contributed by atoms with Gasteiger partial charge < -0.3 is 10.2 Å². The van der Waals surface area contributed by atoms with Gasteiger partial charge in [-0.05, 0) is 69.9 Å². The summed E-state index contributed by atoms with van der Waals surface area (Å²) in [6.07, 6.45) is 5.13. The van der Waals surface area contributed by atoms with Crippen molar-refractivity contribution in [2.45, 2.75) is 77.8 Å². The molecule has 150 valence electrons. The highest BCUT2D eigenvalue weighted by atomic mass is 16.2. The van der Waals surface area contributed by atoms with Crippen molar-refractivity contribution in [1.82, 2.24) is 10.2 Å². The third kappa shape index (κ3) is 4.58. The first-order chi connectivity index (χ1) is 13.2. The van der Waals surface area contributed by atoms with Gasteiger partial charge in [0.1, 0.15) is 0 Å². The van der Waals surface area contributed by atoms with Gasteiger partial charge in [-0.2, -0.15) is 0 Å². The van der Waals surface area contributed by atoms with Crippen molar-refractivity contribution < 1.29 is 9.59 Å². The Morgan fingerprint density at radius 1 is 1.25 bits per heavy atom. The van der Waals surface area contributed by atoms with E-state index in [9.17, 15) is 9.59 Å². The third-order valence-electron chi connectivity index (χ3n) is 5.90. The zero-order chi connectivity index (χ0) is 20.4. The van der Waals surface area contributed by atoms with Crippen LogP contribution in [0.1, 0.15) is 64.5 Å². The van der Waals surface area contributed by atoms with E-state index in [0.29, 0.717) is 13.0 Å². The van der Waals surface area contributed by atoms with Crippen molar-refractivity contribution in [2.24, 2.45) is 5.41 Å². The Balaban J connectivity index is 1.69. The number of carbonyl (C=O) groups is 2. The largest absolute Gasteiger partial charge is 0.338 e. The zero-order valence-electron chi connectivity index (χ0n) is 17.6. The first kappa shape index (κ1) is 20.5. The first-order valence-corrected chi connectivity index (χ1v) is 10.4. The van der Waals surface area contributed by atoms with Crippen LogP contribution >= 0.6 is 0 Å². The highest BCUT2D eigenvalue weighted by Crippen LogP contribution is 2.41. The van der Waals surface area contributed by atoms with Gasteiger partial charge in [-0.3, -0.25) is 9.59 Å². The molecule has 2 fully saturated rings. The van der Waals surface area contributed by atoms with Gasteiger partial charge in [-0.25, -0.2) is 0 Å². The van der Waals surface area contributed by atoms with Crippen LogP contribution in [0.15, 0.2) is 24.3 Å². The Kier molecular flexibility index (Phi) is 5.84. The molecule has 4 nitrogen and oxygen atoms in total. The molecule has 1 aromatic rings. The molecule has 0 bridgehead atoms. The van der Waals surface area contributed by atoms with E-state index in [4.69, 9.17) is 0 Å². The van der Waals surface area contributed by atoms with Gasteiger partial charge in [-0.1, -0.05) is 37.1 Å². The predicted molar refractivity (Wildman–Crippen MR) is 112 cm³/mol. The molecule has 1 aliphatic carbocycles. The standard InChI is InChI=1S/C24H32N2O2/c1-5-18-8-6-9-19(16-18)17-22(28)26-15-14-24(12-7-10-20(24)26)25-21(27)11-13-23(2,3)4/h6,8-9,16,20H,5,7,10,12,14-15,17H2,1-4H3,(H,25,27). The van der Waals surface area contributed by atoms with Gasteiger partial charge in [0.25, 0.3) is 5.91 Å². The van der Waals surface area contributed by atoms with Crippen LogP contribution in [0.4, 0.5) is 0 Å². The Hall–Kier alpha value is -2.28. The summed E-state index contributed by atoms with van der Waals surface area (Å²) in [7, 11) is 0. The third-order valence-corrected chi connectivity index (χ3v) is 5.90. The first-order valence-electron chi connectivity index (χ1n) is 10.4. The summed E-state index contributed by atoms with van der Waals surface area (Å²) in [5.74, 6) is 5.70. The number of rotatable bonds is 4. The Morgan fingerprint density at radius 3 is 2.71 bits per heavy atom. The summed E-state index contributed by atoms with van der Waals surface area (Å²) >= 11 is 0. The Bertz CT molecular complexity index is 812. The average Bonchev–Trinajstić information content (AvgIpc) is 3.17. The molecule has 2 aliphatic rings. The minimum absolute atomic E-state index is 0.0924. The maximum absolute atomic E-state index is 13.0. The van der Waals surface area contributed by atoms with E-state index in [1.807, 2.05) is 37.8 Å². The number of amides is 2. The van der Waals surface area contributed by atoms with E-state index in [1.165, 1.54) is 5.56 Å². The number of likely N-dealkylation sites (tertiary alicyclic amines) is 1. The summed E-state index contributed by atoms with van der Waals surface area (Å²) in [5.41, 5.74) is 1.82. The molecule has 2 unspecified atom stereocenters. The molecule has 1 aliphatic heterocycles. The van der Waals surface area contributed by atoms with Gasteiger partial charge in [0.2, 0.25) is 5.91 Å². The minimum Gasteiger partial charge on any atom is -0.338 e. The number of nitrogens with one attached hydrogen (secondary N) is 1. The lowest BCUT2D eigenvalue weighted by atomic mass is 9.92. The number of hydrogen-bond donors (Lipinski definition) is 1. The lowest BCUT2D eigenvalue weighted by molar-refractivity contribution is -0.132. The monoisotopic (exact) mass is 380 g/mol. The predicted octanol–water partition coefficient (Wildman–Crippen LogP) is 3.48. The molecule has 1 N–H and O–H groups in total. The molecule has 1 heterocycles.